The summed E-state index contributed by atoms with van der Waals surface area (Å²) in [6.45, 7) is 7.13. The van der Waals surface area contributed by atoms with Crippen molar-refractivity contribution in [3.63, 3.8) is 0 Å². The quantitative estimate of drug-likeness (QED) is 0.879. The van der Waals surface area contributed by atoms with Crippen molar-refractivity contribution in [2.24, 2.45) is 0 Å². The molecule has 20 heavy (non-hydrogen) atoms. The Morgan fingerprint density at radius 2 is 1.95 bits per heavy atom. The van der Waals surface area contributed by atoms with Gasteiger partial charge in [-0.1, -0.05) is 6.92 Å². The molecule has 1 aromatic heterocycles. The van der Waals surface area contributed by atoms with Gasteiger partial charge >= 0.3 is 0 Å². The molecule has 0 atom stereocenters. The minimum Gasteiger partial charge on any atom is -0.494 e. The van der Waals surface area contributed by atoms with Crippen molar-refractivity contribution in [3.05, 3.63) is 42.5 Å². The van der Waals surface area contributed by atoms with Crippen LogP contribution in [0.4, 0.5) is 0 Å². The van der Waals surface area contributed by atoms with Crippen LogP contribution in [0.25, 0.3) is 5.69 Å². The average Bonchev–Trinajstić information content (AvgIpc) is 2.96. The van der Waals surface area contributed by atoms with Gasteiger partial charge in [0.25, 0.3) is 0 Å². The lowest BCUT2D eigenvalue weighted by atomic mass is 10.0. The molecule has 0 aliphatic rings. The summed E-state index contributed by atoms with van der Waals surface area (Å²) < 4.78 is 7.71. The molecule has 2 rings (SSSR count). The highest BCUT2D eigenvalue weighted by Gasteiger charge is 2.22. The van der Waals surface area contributed by atoms with Crippen LogP contribution in [0.3, 0.4) is 0 Å². The molecule has 0 spiro atoms. The molecule has 0 aliphatic heterocycles. The van der Waals surface area contributed by atoms with Gasteiger partial charge in [0.2, 0.25) is 0 Å². The molecule has 4 heteroatoms. The second-order valence-corrected chi connectivity index (χ2v) is 5.37. The number of nitrogens with zero attached hydrogens (tertiary/aromatic N) is 2. The fourth-order valence-corrected chi connectivity index (χ4v) is 2.01. The third-order valence-corrected chi connectivity index (χ3v) is 3.49. The van der Waals surface area contributed by atoms with Gasteiger partial charge < -0.3 is 14.6 Å². The molecule has 0 amide bonds. The van der Waals surface area contributed by atoms with Gasteiger partial charge in [0.15, 0.2) is 0 Å². The lowest BCUT2D eigenvalue weighted by Gasteiger charge is -2.25. The monoisotopic (exact) mass is 273 g/mol. The van der Waals surface area contributed by atoms with Crippen LogP contribution in [0.5, 0.6) is 5.75 Å². The molecule has 108 valence electrons. The molecular weight excluding hydrogens is 250 g/mol. The van der Waals surface area contributed by atoms with Crippen LogP contribution < -0.4 is 10.1 Å². The summed E-state index contributed by atoms with van der Waals surface area (Å²) in [5, 5.41) is 3.31. The van der Waals surface area contributed by atoms with Crippen LogP contribution in [-0.4, -0.2) is 23.2 Å². The van der Waals surface area contributed by atoms with Crippen LogP contribution in [0.15, 0.2) is 36.8 Å². The van der Waals surface area contributed by atoms with Crippen molar-refractivity contribution in [2.75, 3.05) is 13.7 Å². The highest BCUT2D eigenvalue weighted by atomic mass is 16.5. The van der Waals surface area contributed by atoms with Crippen LogP contribution >= 0.6 is 0 Å². The summed E-state index contributed by atoms with van der Waals surface area (Å²) in [5.41, 5.74) is 2.08. The SMILES string of the molecule is CCCOc1ccc(-n2cncc2C(C)(C)NC)cc1. The highest BCUT2D eigenvalue weighted by molar-refractivity contribution is 5.39. The van der Waals surface area contributed by atoms with E-state index in [0.717, 1.165) is 30.2 Å². The smallest absolute Gasteiger partial charge is 0.119 e. The summed E-state index contributed by atoms with van der Waals surface area (Å²) in [6, 6.07) is 8.12. The molecule has 0 fully saturated rings. The zero-order chi connectivity index (χ0) is 14.6. The fraction of sp³-hybridized carbons (Fsp3) is 0.438. The summed E-state index contributed by atoms with van der Waals surface area (Å²) in [4.78, 5) is 4.28. The lowest BCUT2D eigenvalue weighted by molar-refractivity contribution is 0.317. The van der Waals surface area contributed by atoms with E-state index in [1.807, 2.05) is 31.7 Å². The Balaban J connectivity index is 2.27. The molecule has 1 N–H and O–H groups in total. The Bertz CT molecular complexity index is 543. The Hall–Kier alpha value is -1.81. The second kappa shape index (κ2) is 6.09. The Morgan fingerprint density at radius 3 is 2.55 bits per heavy atom. The van der Waals surface area contributed by atoms with Crippen LogP contribution in [-0.2, 0) is 5.54 Å². The molecule has 0 bridgehead atoms. The first-order valence-electron chi connectivity index (χ1n) is 7.03. The summed E-state index contributed by atoms with van der Waals surface area (Å²) >= 11 is 0. The van der Waals surface area contributed by atoms with Crippen molar-refractivity contribution in [1.82, 2.24) is 14.9 Å². The molecule has 4 nitrogen and oxygen atoms in total. The number of rotatable bonds is 6. The molecule has 0 aliphatic carbocycles. The van der Waals surface area contributed by atoms with Gasteiger partial charge in [-0.15, -0.1) is 0 Å². The van der Waals surface area contributed by atoms with E-state index in [2.05, 4.69) is 47.8 Å². The first-order valence-corrected chi connectivity index (χ1v) is 7.03. The van der Waals surface area contributed by atoms with Gasteiger partial charge in [0, 0.05) is 5.69 Å². The van der Waals surface area contributed by atoms with Gasteiger partial charge in [-0.05, 0) is 51.6 Å². The number of hydrogen-bond acceptors (Lipinski definition) is 3. The summed E-state index contributed by atoms with van der Waals surface area (Å²) in [5.74, 6) is 0.908. The van der Waals surface area contributed by atoms with E-state index in [1.54, 1.807) is 0 Å². The third-order valence-electron chi connectivity index (χ3n) is 3.49. The van der Waals surface area contributed by atoms with Gasteiger partial charge in [0.05, 0.1) is 30.4 Å². The molecule has 0 saturated heterocycles. The molecular formula is C16H23N3O. The minimum atomic E-state index is -0.131. The van der Waals surface area contributed by atoms with Crippen LogP contribution in [0.2, 0.25) is 0 Å². The first-order chi connectivity index (χ1) is 9.58. The zero-order valence-corrected chi connectivity index (χ0v) is 12.7. The van der Waals surface area contributed by atoms with E-state index in [-0.39, 0.29) is 5.54 Å². The fourth-order valence-electron chi connectivity index (χ4n) is 2.01. The van der Waals surface area contributed by atoms with Crippen LogP contribution in [0.1, 0.15) is 32.9 Å². The molecule has 0 unspecified atom stereocenters. The minimum absolute atomic E-state index is 0.131. The maximum Gasteiger partial charge on any atom is 0.119 e. The van der Waals surface area contributed by atoms with E-state index < -0.39 is 0 Å². The number of benzene rings is 1. The van der Waals surface area contributed by atoms with Gasteiger partial charge in [-0.25, -0.2) is 4.98 Å². The maximum absolute atomic E-state index is 5.61. The Labute approximate surface area is 120 Å². The van der Waals surface area contributed by atoms with Crippen molar-refractivity contribution in [1.29, 1.82) is 0 Å². The van der Waals surface area contributed by atoms with Gasteiger partial charge in [0.1, 0.15) is 5.75 Å². The standard InChI is InChI=1S/C16H23N3O/c1-5-10-20-14-8-6-13(7-9-14)19-12-18-11-15(19)16(2,3)17-4/h6-9,11-12,17H,5,10H2,1-4H3. The van der Waals surface area contributed by atoms with E-state index in [4.69, 9.17) is 4.74 Å². The molecule has 1 heterocycles. The van der Waals surface area contributed by atoms with E-state index >= 15 is 0 Å². The van der Waals surface area contributed by atoms with Gasteiger partial charge in [-0.3, -0.25) is 0 Å². The molecule has 2 aromatic rings. The van der Waals surface area contributed by atoms with Crippen molar-refractivity contribution < 1.29 is 4.74 Å². The number of nitrogens with one attached hydrogen (secondary N) is 1. The second-order valence-electron chi connectivity index (χ2n) is 5.37. The number of imidazole rings is 1. The Kier molecular flexibility index (Phi) is 4.45. The number of ether oxygens (including phenoxy) is 1. The van der Waals surface area contributed by atoms with Crippen molar-refractivity contribution in [3.8, 4) is 11.4 Å². The molecule has 1 aromatic carbocycles. The van der Waals surface area contributed by atoms with Gasteiger partial charge in [-0.2, -0.15) is 0 Å². The molecule has 0 saturated carbocycles. The Morgan fingerprint density at radius 1 is 1.25 bits per heavy atom. The lowest BCUT2D eigenvalue weighted by Crippen LogP contribution is -2.35. The van der Waals surface area contributed by atoms with Crippen LogP contribution in [0, 0.1) is 0 Å². The van der Waals surface area contributed by atoms with Crippen molar-refractivity contribution >= 4 is 0 Å². The number of hydrogen-bond donors (Lipinski definition) is 1. The van der Waals surface area contributed by atoms with E-state index in [0.29, 0.717) is 0 Å². The van der Waals surface area contributed by atoms with E-state index in [9.17, 15) is 0 Å². The molecule has 0 radical (unpaired) electrons. The largest absolute Gasteiger partial charge is 0.494 e. The maximum atomic E-state index is 5.61. The summed E-state index contributed by atoms with van der Waals surface area (Å²) in [6.07, 6.45) is 4.76. The zero-order valence-electron chi connectivity index (χ0n) is 12.7. The topological polar surface area (TPSA) is 39.1 Å². The predicted octanol–water partition coefficient (Wildman–Crippen LogP) is 3.12. The number of aromatic nitrogens is 2. The summed E-state index contributed by atoms with van der Waals surface area (Å²) in [7, 11) is 1.96. The van der Waals surface area contributed by atoms with Crippen molar-refractivity contribution in [2.45, 2.75) is 32.7 Å². The normalized spacial score (nSPS) is 11.6. The third kappa shape index (κ3) is 3.02. The average molecular weight is 273 g/mol. The predicted molar refractivity (Wildman–Crippen MR) is 81.4 cm³/mol. The highest BCUT2D eigenvalue weighted by Crippen LogP contribution is 2.23. The van der Waals surface area contributed by atoms with E-state index in [1.165, 1.54) is 0 Å². The first kappa shape index (κ1) is 14.6.